The lowest BCUT2D eigenvalue weighted by atomic mass is 10.1. The fourth-order valence-electron chi connectivity index (χ4n) is 2.10. The zero-order valence-corrected chi connectivity index (χ0v) is 15.4. The normalized spacial score (nSPS) is 13.8. The maximum atomic E-state index is 12.5. The molecule has 0 spiro atoms. The lowest BCUT2D eigenvalue weighted by Gasteiger charge is -2.22. The molecule has 1 rings (SSSR count). The SMILES string of the molecule is CC[C@@H](C)NS(=O)(=O)c1ccc(C(=O)N(CC)C[C@H](C)C#N)cc1. The lowest BCUT2D eigenvalue weighted by Crippen LogP contribution is -2.34. The Morgan fingerprint density at radius 3 is 2.29 bits per heavy atom. The van der Waals surface area contributed by atoms with Gasteiger partial charge in [0.05, 0.1) is 16.9 Å². The molecule has 0 bridgehead atoms. The number of nitriles is 1. The van der Waals surface area contributed by atoms with Gasteiger partial charge in [0.1, 0.15) is 0 Å². The molecular weight excluding hydrogens is 326 g/mol. The molecule has 0 aliphatic heterocycles. The van der Waals surface area contributed by atoms with E-state index in [9.17, 15) is 13.2 Å². The molecule has 0 fully saturated rings. The lowest BCUT2D eigenvalue weighted by molar-refractivity contribution is 0.0752. The van der Waals surface area contributed by atoms with Gasteiger partial charge >= 0.3 is 0 Å². The third kappa shape index (κ3) is 5.32. The Balaban J connectivity index is 2.94. The molecule has 2 atom stereocenters. The molecule has 0 aliphatic rings. The topological polar surface area (TPSA) is 90.3 Å². The summed E-state index contributed by atoms with van der Waals surface area (Å²) in [4.78, 5) is 14.2. The molecule has 0 saturated carbocycles. The first kappa shape index (κ1) is 20.1. The third-order valence-electron chi connectivity index (χ3n) is 3.76. The van der Waals surface area contributed by atoms with Crippen molar-refractivity contribution in [2.24, 2.45) is 5.92 Å². The monoisotopic (exact) mass is 351 g/mol. The van der Waals surface area contributed by atoms with Gasteiger partial charge in [0.2, 0.25) is 10.0 Å². The van der Waals surface area contributed by atoms with E-state index in [0.717, 1.165) is 0 Å². The van der Waals surface area contributed by atoms with Crippen LogP contribution < -0.4 is 4.72 Å². The molecular formula is C17H25N3O3S. The Hall–Kier alpha value is -1.91. The standard InChI is InChI=1S/C17H25N3O3S/c1-5-14(4)19-24(22,23)16-9-7-15(8-10-16)17(21)20(6-2)12-13(3)11-18/h7-10,13-14,19H,5-6,12H2,1-4H3/t13-,14-/m1/s1. The van der Waals surface area contributed by atoms with Crippen molar-refractivity contribution in [2.45, 2.75) is 45.1 Å². The Kier molecular flexibility index (Phi) is 7.39. The first-order valence-electron chi connectivity index (χ1n) is 8.06. The molecule has 24 heavy (non-hydrogen) atoms. The molecule has 1 aromatic rings. The van der Waals surface area contributed by atoms with Crippen LogP contribution in [-0.4, -0.2) is 38.4 Å². The van der Waals surface area contributed by atoms with Crippen molar-refractivity contribution >= 4 is 15.9 Å². The summed E-state index contributed by atoms with van der Waals surface area (Å²) >= 11 is 0. The summed E-state index contributed by atoms with van der Waals surface area (Å²) < 4.78 is 27.0. The summed E-state index contributed by atoms with van der Waals surface area (Å²) in [6, 6.07) is 7.83. The second-order valence-electron chi connectivity index (χ2n) is 5.83. The van der Waals surface area contributed by atoms with Crippen molar-refractivity contribution in [1.29, 1.82) is 5.26 Å². The van der Waals surface area contributed by atoms with Gasteiger partial charge in [-0.3, -0.25) is 4.79 Å². The number of hydrogen-bond acceptors (Lipinski definition) is 4. The maximum Gasteiger partial charge on any atom is 0.253 e. The Labute approximate surface area is 144 Å². The highest BCUT2D eigenvalue weighted by molar-refractivity contribution is 7.89. The molecule has 1 amide bonds. The third-order valence-corrected chi connectivity index (χ3v) is 5.37. The van der Waals surface area contributed by atoms with Crippen molar-refractivity contribution in [3.05, 3.63) is 29.8 Å². The smallest absolute Gasteiger partial charge is 0.253 e. The quantitative estimate of drug-likeness (QED) is 0.778. The van der Waals surface area contributed by atoms with E-state index < -0.39 is 10.0 Å². The van der Waals surface area contributed by atoms with Gasteiger partial charge in [-0.15, -0.1) is 0 Å². The van der Waals surface area contributed by atoms with Crippen molar-refractivity contribution in [3.63, 3.8) is 0 Å². The highest BCUT2D eigenvalue weighted by Gasteiger charge is 2.19. The molecule has 1 aromatic carbocycles. The number of nitrogens with zero attached hydrogens (tertiary/aromatic N) is 2. The molecule has 0 aromatic heterocycles. The summed E-state index contributed by atoms with van der Waals surface area (Å²) in [5, 5.41) is 8.89. The number of hydrogen-bond donors (Lipinski definition) is 1. The second-order valence-corrected chi connectivity index (χ2v) is 7.54. The minimum absolute atomic E-state index is 0.132. The number of sulfonamides is 1. The van der Waals surface area contributed by atoms with Gasteiger partial charge in [-0.2, -0.15) is 5.26 Å². The second kappa shape index (κ2) is 8.81. The summed E-state index contributed by atoms with van der Waals surface area (Å²) in [5.74, 6) is -0.466. The molecule has 0 heterocycles. The minimum atomic E-state index is -3.58. The van der Waals surface area contributed by atoms with Crippen LogP contribution in [0.25, 0.3) is 0 Å². The zero-order chi connectivity index (χ0) is 18.3. The van der Waals surface area contributed by atoms with Gasteiger partial charge < -0.3 is 4.90 Å². The van der Waals surface area contributed by atoms with E-state index in [1.165, 1.54) is 24.3 Å². The number of amides is 1. The molecule has 0 aliphatic carbocycles. The Bertz CT molecular complexity index is 693. The van der Waals surface area contributed by atoms with Crippen LogP contribution in [0.1, 0.15) is 44.5 Å². The predicted octanol–water partition coefficient (Wildman–Crippen LogP) is 2.39. The first-order valence-corrected chi connectivity index (χ1v) is 9.54. The largest absolute Gasteiger partial charge is 0.338 e. The van der Waals surface area contributed by atoms with Crippen LogP contribution in [0.15, 0.2) is 29.2 Å². The van der Waals surface area contributed by atoms with E-state index in [4.69, 9.17) is 5.26 Å². The van der Waals surface area contributed by atoms with Gasteiger partial charge in [0, 0.05) is 24.7 Å². The van der Waals surface area contributed by atoms with Crippen molar-refractivity contribution in [2.75, 3.05) is 13.1 Å². The zero-order valence-electron chi connectivity index (χ0n) is 14.6. The van der Waals surface area contributed by atoms with Crippen LogP contribution in [0.4, 0.5) is 0 Å². The maximum absolute atomic E-state index is 12.5. The Morgan fingerprint density at radius 2 is 1.83 bits per heavy atom. The highest BCUT2D eigenvalue weighted by Crippen LogP contribution is 2.14. The minimum Gasteiger partial charge on any atom is -0.338 e. The van der Waals surface area contributed by atoms with Crippen LogP contribution >= 0.6 is 0 Å². The van der Waals surface area contributed by atoms with Crippen LogP contribution in [0.2, 0.25) is 0 Å². The van der Waals surface area contributed by atoms with Gasteiger partial charge in [-0.1, -0.05) is 6.92 Å². The molecule has 0 saturated heterocycles. The average Bonchev–Trinajstić information content (AvgIpc) is 2.58. The van der Waals surface area contributed by atoms with E-state index in [1.54, 1.807) is 18.7 Å². The number of nitrogens with one attached hydrogen (secondary N) is 1. The van der Waals surface area contributed by atoms with Gasteiger partial charge in [0.15, 0.2) is 0 Å². The van der Waals surface area contributed by atoms with Crippen LogP contribution in [0.3, 0.4) is 0 Å². The van der Waals surface area contributed by atoms with E-state index in [0.29, 0.717) is 25.1 Å². The average molecular weight is 351 g/mol. The van der Waals surface area contributed by atoms with Gasteiger partial charge in [-0.05, 0) is 51.5 Å². The fraction of sp³-hybridized carbons (Fsp3) is 0.529. The molecule has 0 radical (unpaired) electrons. The van der Waals surface area contributed by atoms with E-state index >= 15 is 0 Å². The molecule has 1 N–H and O–H groups in total. The van der Waals surface area contributed by atoms with E-state index in [2.05, 4.69) is 10.8 Å². The Morgan fingerprint density at radius 1 is 1.25 bits per heavy atom. The molecule has 6 nitrogen and oxygen atoms in total. The van der Waals surface area contributed by atoms with Gasteiger partial charge in [0.25, 0.3) is 5.91 Å². The summed E-state index contributed by atoms with van der Waals surface area (Å²) in [6.45, 7) is 8.13. The van der Waals surface area contributed by atoms with E-state index in [1.807, 2.05) is 13.8 Å². The summed E-state index contributed by atoms with van der Waals surface area (Å²) in [6.07, 6.45) is 0.693. The van der Waals surface area contributed by atoms with Crippen molar-refractivity contribution in [1.82, 2.24) is 9.62 Å². The van der Waals surface area contributed by atoms with Crippen molar-refractivity contribution < 1.29 is 13.2 Å². The summed E-state index contributed by atoms with van der Waals surface area (Å²) in [7, 11) is -3.58. The molecule has 7 heteroatoms. The van der Waals surface area contributed by atoms with Crippen LogP contribution in [0.5, 0.6) is 0 Å². The number of carbonyl (C=O) groups excluding carboxylic acids is 1. The molecule has 132 valence electrons. The number of carbonyl (C=O) groups is 1. The van der Waals surface area contributed by atoms with Crippen LogP contribution in [0, 0.1) is 17.2 Å². The number of benzene rings is 1. The number of rotatable bonds is 8. The summed E-state index contributed by atoms with van der Waals surface area (Å²) in [5.41, 5.74) is 0.407. The highest BCUT2D eigenvalue weighted by atomic mass is 32.2. The fourth-order valence-corrected chi connectivity index (χ4v) is 3.43. The van der Waals surface area contributed by atoms with Crippen LogP contribution in [-0.2, 0) is 10.0 Å². The first-order chi connectivity index (χ1) is 11.2. The van der Waals surface area contributed by atoms with E-state index in [-0.39, 0.29) is 22.8 Å². The molecule has 0 unspecified atom stereocenters. The van der Waals surface area contributed by atoms with Gasteiger partial charge in [-0.25, -0.2) is 13.1 Å². The predicted molar refractivity (Wildman–Crippen MR) is 92.9 cm³/mol. The van der Waals surface area contributed by atoms with Crippen molar-refractivity contribution in [3.8, 4) is 6.07 Å².